The second-order valence-corrected chi connectivity index (χ2v) is 7.67. The van der Waals surface area contributed by atoms with Gasteiger partial charge in [-0.05, 0) is 58.7 Å². The summed E-state index contributed by atoms with van der Waals surface area (Å²) in [6.07, 6.45) is 0. The average molecular weight is 408 g/mol. The molecule has 4 aromatic rings. The van der Waals surface area contributed by atoms with Crippen LogP contribution in [-0.2, 0) is 12.3 Å². The number of rotatable bonds is 6. The van der Waals surface area contributed by atoms with Gasteiger partial charge in [-0.2, -0.15) is 0 Å². The predicted molar refractivity (Wildman–Crippen MR) is 111 cm³/mol. The number of tetrazole rings is 1. The summed E-state index contributed by atoms with van der Waals surface area (Å²) >= 11 is 1.49. The molecule has 7 nitrogen and oxygen atoms in total. The fourth-order valence-corrected chi connectivity index (χ4v) is 3.96. The summed E-state index contributed by atoms with van der Waals surface area (Å²) in [5.41, 5.74) is 4.34. The number of ether oxygens (including phenoxy) is 1. The van der Waals surface area contributed by atoms with Crippen molar-refractivity contribution < 1.29 is 9.15 Å². The van der Waals surface area contributed by atoms with E-state index in [0.717, 1.165) is 33.4 Å². The third kappa shape index (κ3) is 4.02. The van der Waals surface area contributed by atoms with Crippen LogP contribution in [0.25, 0.3) is 11.0 Å². The maximum absolute atomic E-state index is 12.1. The van der Waals surface area contributed by atoms with E-state index in [0.29, 0.717) is 23.0 Å². The lowest BCUT2D eigenvalue weighted by atomic mass is 10.0. The maximum atomic E-state index is 12.1. The Kier molecular flexibility index (Phi) is 5.35. The van der Waals surface area contributed by atoms with E-state index in [1.54, 1.807) is 17.9 Å². The van der Waals surface area contributed by atoms with Crippen LogP contribution in [0.1, 0.15) is 22.3 Å². The number of methoxy groups -OCH3 is 1. The van der Waals surface area contributed by atoms with Crippen LogP contribution in [0.5, 0.6) is 5.75 Å². The largest absolute Gasteiger partial charge is 0.497 e. The molecule has 0 N–H and O–H groups in total. The summed E-state index contributed by atoms with van der Waals surface area (Å²) in [4.78, 5) is 12.1. The Labute approximate surface area is 171 Å². The van der Waals surface area contributed by atoms with E-state index >= 15 is 0 Å². The fraction of sp³-hybridized carbons (Fsp3) is 0.238. The summed E-state index contributed by atoms with van der Waals surface area (Å²) in [5, 5.41) is 13.7. The van der Waals surface area contributed by atoms with Gasteiger partial charge >= 0.3 is 5.63 Å². The highest BCUT2D eigenvalue weighted by Gasteiger charge is 2.13. The molecule has 0 aliphatic carbocycles. The summed E-state index contributed by atoms with van der Waals surface area (Å²) < 4.78 is 12.4. The SMILES string of the molecule is COc1ccc(Cn2nnnc2SCc2cc(=O)oc3c(C)c(C)ccc23)cc1. The third-order valence-corrected chi connectivity index (χ3v) is 5.87. The van der Waals surface area contributed by atoms with Crippen LogP contribution >= 0.6 is 11.8 Å². The Hall–Kier alpha value is -3.13. The van der Waals surface area contributed by atoms with E-state index in [9.17, 15) is 4.79 Å². The molecule has 8 heteroatoms. The van der Waals surface area contributed by atoms with Crippen molar-refractivity contribution >= 4 is 22.7 Å². The zero-order valence-electron chi connectivity index (χ0n) is 16.4. The molecule has 0 aliphatic rings. The van der Waals surface area contributed by atoms with E-state index in [1.807, 2.05) is 50.2 Å². The molecule has 0 saturated heterocycles. The molecule has 0 unspecified atom stereocenters. The van der Waals surface area contributed by atoms with E-state index in [4.69, 9.17) is 9.15 Å². The van der Waals surface area contributed by atoms with Crippen molar-refractivity contribution in [1.29, 1.82) is 0 Å². The molecule has 2 aromatic carbocycles. The molecule has 0 bridgehead atoms. The first kappa shape index (κ1) is 19.2. The summed E-state index contributed by atoms with van der Waals surface area (Å²) in [6.45, 7) is 4.52. The van der Waals surface area contributed by atoms with Gasteiger partial charge in [-0.25, -0.2) is 9.48 Å². The molecule has 0 amide bonds. The predicted octanol–water partition coefficient (Wildman–Crippen LogP) is 3.75. The Bertz CT molecular complexity index is 1220. The number of aromatic nitrogens is 4. The minimum Gasteiger partial charge on any atom is -0.497 e. The van der Waals surface area contributed by atoms with Gasteiger partial charge in [0.15, 0.2) is 0 Å². The van der Waals surface area contributed by atoms with Crippen LogP contribution < -0.4 is 10.4 Å². The molecule has 29 heavy (non-hydrogen) atoms. The third-order valence-electron chi connectivity index (χ3n) is 4.86. The van der Waals surface area contributed by atoms with Gasteiger partial charge in [0.1, 0.15) is 11.3 Å². The van der Waals surface area contributed by atoms with Crippen molar-refractivity contribution in [3.8, 4) is 5.75 Å². The first-order chi connectivity index (χ1) is 14.0. The van der Waals surface area contributed by atoms with E-state index in [1.165, 1.54) is 11.8 Å². The summed E-state index contributed by atoms with van der Waals surface area (Å²) in [7, 11) is 1.64. The minimum atomic E-state index is -0.348. The monoisotopic (exact) mass is 408 g/mol. The molecule has 4 rings (SSSR count). The minimum absolute atomic E-state index is 0.348. The molecule has 148 valence electrons. The van der Waals surface area contributed by atoms with Gasteiger partial charge in [0, 0.05) is 17.2 Å². The van der Waals surface area contributed by atoms with Gasteiger partial charge in [0.25, 0.3) is 0 Å². The molecule has 0 spiro atoms. The Morgan fingerprint density at radius 2 is 1.93 bits per heavy atom. The number of benzene rings is 2. The number of hydrogen-bond donors (Lipinski definition) is 0. The number of hydrogen-bond acceptors (Lipinski definition) is 7. The average Bonchev–Trinajstić information content (AvgIpc) is 3.16. The van der Waals surface area contributed by atoms with Gasteiger partial charge in [0.05, 0.1) is 13.7 Å². The van der Waals surface area contributed by atoms with Crippen molar-refractivity contribution in [3.05, 3.63) is 75.1 Å². The highest BCUT2D eigenvalue weighted by molar-refractivity contribution is 7.98. The molecule has 0 atom stereocenters. The van der Waals surface area contributed by atoms with Crippen LogP contribution in [0.3, 0.4) is 0 Å². The lowest BCUT2D eigenvalue weighted by Crippen LogP contribution is -2.05. The molecular weight excluding hydrogens is 388 g/mol. The molecule has 0 radical (unpaired) electrons. The standard InChI is InChI=1S/C21H20N4O3S/c1-13-4-9-18-16(10-19(26)28-20(18)14(13)2)12-29-21-22-23-24-25(21)11-15-5-7-17(27-3)8-6-15/h4-10H,11-12H2,1-3H3. The molecule has 0 saturated carbocycles. The fourth-order valence-electron chi connectivity index (χ4n) is 3.09. The quantitative estimate of drug-likeness (QED) is 0.355. The molecule has 2 aromatic heterocycles. The Morgan fingerprint density at radius 3 is 2.69 bits per heavy atom. The summed E-state index contributed by atoms with van der Waals surface area (Å²) in [6, 6.07) is 13.4. The molecule has 0 aliphatic heterocycles. The summed E-state index contributed by atoms with van der Waals surface area (Å²) in [5.74, 6) is 1.37. The number of nitrogens with zero attached hydrogens (tertiary/aromatic N) is 4. The van der Waals surface area contributed by atoms with Crippen molar-refractivity contribution in [2.24, 2.45) is 0 Å². The van der Waals surface area contributed by atoms with Crippen LogP contribution in [0.15, 0.2) is 56.8 Å². The zero-order chi connectivity index (χ0) is 20.4. The van der Waals surface area contributed by atoms with Gasteiger partial charge in [-0.1, -0.05) is 36.0 Å². The number of fused-ring (bicyclic) bond motifs is 1. The highest BCUT2D eigenvalue weighted by Crippen LogP contribution is 2.28. The topological polar surface area (TPSA) is 83.0 Å². The molecular formula is C21H20N4O3S. The number of thioether (sulfide) groups is 1. The van der Waals surface area contributed by atoms with Crippen molar-refractivity contribution in [2.45, 2.75) is 31.3 Å². The molecule has 2 heterocycles. The smallest absolute Gasteiger partial charge is 0.336 e. The van der Waals surface area contributed by atoms with Gasteiger partial charge in [0.2, 0.25) is 5.16 Å². The van der Waals surface area contributed by atoms with Crippen molar-refractivity contribution in [2.75, 3.05) is 7.11 Å². The number of aryl methyl sites for hydroxylation is 2. The Morgan fingerprint density at radius 1 is 1.14 bits per heavy atom. The van der Waals surface area contributed by atoms with Crippen molar-refractivity contribution in [3.63, 3.8) is 0 Å². The van der Waals surface area contributed by atoms with Crippen LogP contribution in [0, 0.1) is 13.8 Å². The van der Waals surface area contributed by atoms with E-state index < -0.39 is 0 Å². The van der Waals surface area contributed by atoms with Crippen LogP contribution in [-0.4, -0.2) is 27.3 Å². The zero-order valence-corrected chi connectivity index (χ0v) is 17.2. The lowest BCUT2D eigenvalue weighted by molar-refractivity contribution is 0.414. The Balaban J connectivity index is 1.57. The van der Waals surface area contributed by atoms with Crippen molar-refractivity contribution in [1.82, 2.24) is 20.2 Å². The van der Waals surface area contributed by atoms with E-state index in [2.05, 4.69) is 15.5 Å². The second-order valence-electron chi connectivity index (χ2n) is 6.73. The highest BCUT2D eigenvalue weighted by atomic mass is 32.2. The second kappa shape index (κ2) is 8.08. The van der Waals surface area contributed by atoms with Gasteiger partial charge in [-0.3, -0.25) is 0 Å². The van der Waals surface area contributed by atoms with E-state index in [-0.39, 0.29) is 5.63 Å². The van der Waals surface area contributed by atoms with Gasteiger partial charge in [-0.15, -0.1) is 5.10 Å². The normalized spacial score (nSPS) is 11.1. The molecule has 0 fully saturated rings. The van der Waals surface area contributed by atoms with Gasteiger partial charge < -0.3 is 9.15 Å². The first-order valence-electron chi connectivity index (χ1n) is 9.10. The first-order valence-corrected chi connectivity index (χ1v) is 10.1. The van der Waals surface area contributed by atoms with Crippen LogP contribution in [0.2, 0.25) is 0 Å². The van der Waals surface area contributed by atoms with Crippen LogP contribution in [0.4, 0.5) is 0 Å². The lowest BCUT2D eigenvalue weighted by Gasteiger charge is -2.09. The maximum Gasteiger partial charge on any atom is 0.336 e.